The Bertz CT molecular complexity index is 1130. The average Bonchev–Trinajstić information content (AvgIpc) is 2.99. The Kier molecular flexibility index (Phi) is 4.98. The van der Waals surface area contributed by atoms with E-state index in [9.17, 15) is 14.7 Å². The van der Waals surface area contributed by atoms with Gasteiger partial charge >= 0.3 is 5.91 Å². The molecule has 0 radical (unpaired) electrons. The molecule has 1 aromatic heterocycles. The highest BCUT2D eigenvalue weighted by atomic mass is 79.9. The number of aromatic nitrogens is 2. The van der Waals surface area contributed by atoms with Gasteiger partial charge in [-0.1, -0.05) is 57.9 Å². The van der Waals surface area contributed by atoms with E-state index < -0.39 is 17.7 Å². The summed E-state index contributed by atoms with van der Waals surface area (Å²) in [6.45, 7) is 1.93. The first-order chi connectivity index (χ1) is 14.0. The number of carbonyl (C=O) groups excluding carboxylic acids is 2. The van der Waals surface area contributed by atoms with Crippen molar-refractivity contribution in [1.82, 2.24) is 9.97 Å². The molecule has 1 aliphatic rings. The molecule has 4 rings (SSSR count). The number of aliphatic hydroxyl groups excluding tert-OH is 1. The summed E-state index contributed by atoms with van der Waals surface area (Å²) in [5.74, 6) is -1.69. The van der Waals surface area contributed by atoms with Gasteiger partial charge in [0.1, 0.15) is 5.76 Å². The van der Waals surface area contributed by atoms with Crippen molar-refractivity contribution in [2.24, 2.45) is 0 Å². The molecule has 1 saturated heterocycles. The Hall–Kier alpha value is -3.32. The van der Waals surface area contributed by atoms with E-state index in [1.807, 2.05) is 25.1 Å². The molecule has 1 unspecified atom stereocenters. The molecular weight excluding hydrogens is 434 g/mol. The van der Waals surface area contributed by atoms with Gasteiger partial charge in [0.05, 0.1) is 11.6 Å². The third kappa shape index (κ3) is 3.45. The van der Waals surface area contributed by atoms with Crippen molar-refractivity contribution in [1.29, 1.82) is 0 Å². The topological polar surface area (TPSA) is 83.4 Å². The van der Waals surface area contributed by atoms with Gasteiger partial charge in [-0.05, 0) is 30.7 Å². The number of nitrogens with zero attached hydrogens (tertiary/aromatic N) is 3. The first-order valence-electron chi connectivity index (χ1n) is 8.88. The van der Waals surface area contributed by atoms with Gasteiger partial charge in [0, 0.05) is 22.4 Å². The van der Waals surface area contributed by atoms with E-state index in [0.29, 0.717) is 11.1 Å². The van der Waals surface area contributed by atoms with Gasteiger partial charge < -0.3 is 5.11 Å². The maximum Gasteiger partial charge on any atom is 0.302 e. The van der Waals surface area contributed by atoms with Crippen molar-refractivity contribution in [3.63, 3.8) is 0 Å². The lowest BCUT2D eigenvalue weighted by molar-refractivity contribution is -0.132. The van der Waals surface area contributed by atoms with E-state index in [4.69, 9.17) is 0 Å². The SMILES string of the molecule is Cc1ccc(/C(O)=C2\C(=O)C(=O)N(c3ncccn3)C2c2cccc(Br)c2)cc1. The number of anilines is 1. The van der Waals surface area contributed by atoms with E-state index >= 15 is 0 Å². The molecule has 1 amide bonds. The van der Waals surface area contributed by atoms with Crippen LogP contribution in [0.5, 0.6) is 0 Å². The van der Waals surface area contributed by atoms with Crippen LogP contribution in [0.25, 0.3) is 5.76 Å². The highest BCUT2D eigenvalue weighted by molar-refractivity contribution is 9.10. The van der Waals surface area contributed by atoms with Gasteiger partial charge in [0.15, 0.2) is 0 Å². The number of benzene rings is 2. The molecule has 0 aliphatic carbocycles. The van der Waals surface area contributed by atoms with Gasteiger partial charge in [-0.2, -0.15) is 0 Å². The monoisotopic (exact) mass is 449 g/mol. The van der Waals surface area contributed by atoms with Gasteiger partial charge in [0.25, 0.3) is 5.78 Å². The molecule has 3 aromatic rings. The number of aliphatic hydroxyl groups is 1. The molecule has 0 spiro atoms. The quantitative estimate of drug-likeness (QED) is 0.368. The Balaban J connectivity index is 1.95. The minimum absolute atomic E-state index is 0.00408. The molecular formula is C22H16BrN3O3. The van der Waals surface area contributed by atoms with Crippen LogP contribution in [0.3, 0.4) is 0 Å². The molecule has 1 atom stereocenters. The smallest absolute Gasteiger partial charge is 0.302 e. The largest absolute Gasteiger partial charge is 0.507 e. The van der Waals surface area contributed by atoms with Crippen molar-refractivity contribution in [3.8, 4) is 0 Å². The predicted molar refractivity (Wildman–Crippen MR) is 112 cm³/mol. The summed E-state index contributed by atoms with van der Waals surface area (Å²) in [7, 11) is 0. The number of Topliss-reactive ketones (excluding diaryl/α,β-unsaturated/α-hetero) is 1. The molecule has 0 saturated carbocycles. The molecule has 29 heavy (non-hydrogen) atoms. The fourth-order valence-corrected chi connectivity index (χ4v) is 3.73. The lowest BCUT2D eigenvalue weighted by Gasteiger charge is -2.23. The minimum atomic E-state index is -0.851. The third-order valence-corrected chi connectivity index (χ3v) is 5.19. The van der Waals surface area contributed by atoms with Crippen LogP contribution in [-0.4, -0.2) is 26.8 Å². The minimum Gasteiger partial charge on any atom is -0.507 e. The van der Waals surface area contributed by atoms with Crippen LogP contribution in [0.4, 0.5) is 5.95 Å². The molecule has 1 fully saturated rings. The zero-order valence-corrected chi connectivity index (χ0v) is 17.0. The van der Waals surface area contributed by atoms with Crippen molar-refractivity contribution in [2.45, 2.75) is 13.0 Å². The fourth-order valence-electron chi connectivity index (χ4n) is 3.31. The van der Waals surface area contributed by atoms with Crippen molar-refractivity contribution < 1.29 is 14.7 Å². The van der Waals surface area contributed by atoms with Crippen LogP contribution in [0.2, 0.25) is 0 Å². The van der Waals surface area contributed by atoms with Gasteiger partial charge in [-0.3, -0.25) is 14.5 Å². The van der Waals surface area contributed by atoms with Crippen LogP contribution < -0.4 is 4.90 Å². The van der Waals surface area contributed by atoms with Gasteiger partial charge in [0.2, 0.25) is 5.95 Å². The maximum absolute atomic E-state index is 13.0. The number of hydrogen-bond acceptors (Lipinski definition) is 5. The van der Waals surface area contributed by atoms with Crippen LogP contribution >= 0.6 is 15.9 Å². The molecule has 144 valence electrons. The van der Waals surface area contributed by atoms with Crippen LogP contribution in [0, 0.1) is 6.92 Å². The second-order valence-corrected chi connectivity index (χ2v) is 7.55. The number of rotatable bonds is 3. The standard InChI is InChI=1S/C22H16BrN3O3/c1-13-6-8-14(9-7-13)19(27)17-18(15-4-2-5-16(23)12-15)26(21(29)20(17)28)22-24-10-3-11-25-22/h2-12,18,27H,1H3/b19-17+. The molecule has 2 aromatic carbocycles. The average molecular weight is 450 g/mol. The number of halogens is 1. The van der Waals surface area contributed by atoms with Crippen LogP contribution in [0.1, 0.15) is 22.7 Å². The third-order valence-electron chi connectivity index (χ3n) is 4.70. The summed E-state index contributed by atoms with van der Waals surface area (Å²) in [5, 5.41) is 11.0. The Morgan fingerprint density at radius 2 is 1.72 bits per heavy atom. The van der Waals surface area contributed by atoms with E-state index in [1.54, 1.807) is 36.4 Å². The van der Waals surface area contributed by atoms with E-state index in [2.05, 4.69) is 25.9 Å². The molecule has 7 heteroatoms. The Morgan fingerprint density at radius 1 is 1.03 bits per heavy atom. The summed E-state index contributed by atoms with van der Waals surface area (Å²) in [6.07, 6.45) is 3.00. The zero-order chi connectivity index (χ0) is 20.5. The lowest BCUT2D eigenvalue weighted by atomic mass is 9.95. The lowest BCUT2D eigenvalue weighted by Crippen LogP contribution is -2.31. The fraction of sp³-hybridized carbons (Fsp3) is 0.0909. The normalized spacial score (nSPS) is 18.3. The summed E-state index contributed by atoms with van der Waals surface area (Å²) in [4.78, 5) is 35.4. The first-order valence-corrected chi connectivity index (χ1v) is 9.67. The van der Waals surface area contributed by atoms with Crippen LogP contribution in [-0.2, 0) is 9.59 Å². The highest BCUT2D eigenvalue weighted by Crippen LogP contribution is 2.41. The second-order valence-electron chi connectivity index (χ2n) is 6.64. The first kappa shape index (κ1) is 19.0. The number of carbonyl (C=O) groups is 2. The number of ketones is 1. The van der Waals surface area contributed by atoms with E-state index in [0.717, 1.165) is 10.0 Å². The molecule has 1 aliphatic heterocycles. The molecule has 1 N–H and O–H groups in total. The molecule has 6 nitrogen and oxygen atoms in total. The summed E-state index contributed by atoms with van der Waals surface area (Å²) in [6, 6.07) is 15.1. The summed E-state index contributed by atoms with van der Waals surface area (Å²) in [5.41, 5.74) is 2.13. The Morgan fingerprint density at radius 3 is 2.38 bits per heavy atom. The summed E-state index contributed by atoms with van der Waals surface area (Å²) < 4.78 is 0.782. The van der Waals surface area contributed by atoms with Crippen molar-refractivity contribution in [2.75, 3.05) is 4.90 Å². The number of amides is 1. The van der Waals surface area contributed by atoms with Crippen LogP contribution in [0.15, 0.2) is 77.0 Å². The second kappa shape index (κ2) is 7.60. The highest BCUT2D eigenvalue weighted by Gasteiger charge is 2.48. The van der Waals surface area contributed by atoms with Gasteiger partial charge in [-0.15, -0.1) is 0 Å². The number of hydrogen-bond donors (Lipinski definition) is 1. The van der Waals surface area contributed by atoms with E-state index in [1.165, 1.54) is 17.3 Å². The Labute approximate surface area is 175 Å². The van der Waals surface area contributed by atoms with Crippen molar-refractivity contribution >= 4 is 39.3 Å². The zero-order valence-electron chi connectivity index (χ0n) is 15.4. The predicted octanol–water partition coefficient (Wildman–Crippen LogP) is 4.17. The molecule has 2 heterocycles. The van der Waals surface area contributed by atoms with Gasteiger partial charge in [-0.25, -0.2) is 9.97 Å². The number of aryl methyl sites for hydroxylation is 1. The maximum atomic E-state index is 13.0. The van der Waals surface area contributed by atoms with Crippen molar-refractivity contribution in [3.05, 3.63) is 93.7 Å². The summed E-state index contributed by atoms with van der Waals surface area (Å²) >= 11 is 3.43. The molecule has 0 bridgehead atoms. The van der Waals surface area contributed by atoms with E-state index in [-0.39, 0.29) is 17.3 Å².